The van der Waals surface area contributed by atoms with Crippen molar-refractivity contribution in [1.82, 2.24) is 4.90 Å². The van der Waals surface area contributed by atoms with E-state index < -0.39 is 0 Å². The lowest BCUT2D eigenvalue weighted by molar-refractivity contribution is -0.141. The Balaban J connectivity index is 2.06. The van der Waals surface area contributed by atoms with Crippen LogP contribution in [0.3, 0.4) is 0 Å². The number of hydrogen-bond acceptors (Lipinski definition) is 3. The van der Waals surface area contributed by atoms with Crippen LogP contribution in [0, 0.1) is 11.3 Å². The number of carbonyl (C=O) groups excluding carboxylic acids is 2. The molecule has 0 spiro atoms. The third-order valence-corrected chi connectivity index (χ3v) is 5.08. The monoisotopic (exact) mass is 281 g/mol. The normalized spacial score (nSPS) is 30.4. The van der Waals surface area contributed by atoms with Gasteiger partial charge in [-0.2, -0.15) is 0 Å². The molecule has 0 N–H and O–H groups in total. The molecule has 20 heavy (non-hydrogen) atoms. The van der Waals surface area contributed by atoms with E-state index in [9.17, 15) is 9.59 Å². The summed E-state index contributed by atoms with van der Waals surface area (Å²) in [6.07, 6.45) is 3.69. The standard InChI is InChI=1S/C16H27NO3/c1-12(2)16(8-10-20-15(3,4)11-16)7-9-17-13(18)5-6-14(17)19/h12H,5-11H2,1-4H3. The molecule has 4 heteroatoms. The molecule has 1 unspecified atom stereocenters. The van der Waals surface area contributed by atoms with Gasteiger partial charge in [-0.1, -0.05) is 13.8 Å². The topological polar surface area (TPSA) is 46.6 Å². The molecule has 0 bridgehead atoms. The van der Waals surface area contributed by atoms with E-state index in [0.29, 0.717) is 25.3 Å². The van der Waals surface area contributed by atoms with Crippen LogP contribution in [-0.4, -0.2) is 35.5 Å². The van der Waals surface area contributed by atoms with Gasteiger partial charge in [0.1, 0.15) is 0 Å². The van der Waals surface area contributed by atoms with E-state index in [4.69, 9.17) is 4.74 Å². The van der Waals surface area contributed by atoms with Crippen LogP contribution in [0.2, 0.25) is 0 Å². The number of carbonyl (C=O) groups is 2. The fraction of sp³-hybridized carbons (Fsp3) is 0.875. The second-order valence-corrected chi connectivity index (χ2v) is 7.24. The van der Waals surface area contributed by atoms with Crippen molar-refractivity contribution in [2.24, 2.45) is 11.3 Å². The maximum atomic E-state index is 11.7. The molecule has 0 saturated carbocycles. The summed E-state index contributed by atoms with van der Waals surface area (Å²) >= 11 is 0. The first kappa shape index (κ1) is 15.5. The summed E-state index contributed by atoms with van der Waals surface area (Å²) in [6, 6.07) is 0. The van der Waals surface area contributed by atoms with Crippen LogP contribution in [0.25, 0.3) is 0 Å². The highest BCUT2D eigenvalue weighted by molar-refractivity contribution is 6.01. The zero-order chi connectivity index (χ0) is 15.0. The van der Waals surface area contributed by atoms with Crippen LogP contribution < -0.4 is 0 Å². The average Bonchev–Trinajstić information content (AvgIpc) is 2.65. The summed E-state index contributed by atoms with van der Waals surface area (Å²) in [7, 11) is 0. The van der Waals surface area contributed by atoms with Gasteiger partial charge in [0.15, 0.2) is 0 Å². The van der Waals surface area contributed by atoms with Gasteiger partial charge in [-0.05, 0) is 44.4 Å². The van der Waals surface area contributed by atoms with Gasteiger partial charge in [0.2, 0.25) is 11.8 Å². The van der Waals surface area contributed by atoms with Crippen molar-refractivity contribution >= 4 is 11.8 Å². The lowest BCUT2D eigenvalue weighted by Gasteiger charge is -2.48. The number of imide groups is 1. The third kappa shape index (κ3) is 3.05. The van der Waals surface area contributed by atoms with E-state index >= 15 is 0 Å². The summed E-state index contributed by atoms with van der Waals surface area (Å²) in [6.45, 7) is 10.1. The largest absolute Gasteiger partial charge is 0.376 e. The molecule has 2 heterocycles. The molecule has 0 aromatic heterocycles. The Morgan fingerprint density at radius 1 is 1.20 bits per heavy atom. The van der Waals surface area contributed by atoms with E-state index in [1.807, 2.05) is 0 Å². The van der Waals surface area contributed by atoms with E-state index in [-0.39, 0.29) is 22.8 Å². The Morgan fingerprint density at radius 3 is 2.30 bits per heavy atom. The lowest BCUT2D eigenvalue weighted by atomic mass is 9.65. The molecule has 114 valence electrons. The minimum absolute atomic E-state index is 0.000209. The second-order valence-electron chi connectivity index (χ2n) is 7.24. The van der Waals surface area contributed by atoms with Crippen molar-refractivity contribution in [3.05, 3.63) is 0 Å². The van der Waals surface area contributed by atoms with Gasteiger partial charge in [-0.25, -0.2) is 0 Å². The lowest BCUT2D eigenvalue weighted by Crippen LogP contribution is -2.46. The average molecular weight is 281 g/mol. The molecule has 0 aliphatic carbocycles. The molecule has 2 amide bonds. The summed E-state index contributed by atoms with van der Waals surface area (Å²) in [4.78, 5) is 24.9. The second kappa shape index (κ2) is 5.47. The molecular formula is C16H27NO3. The first-order valence-corrected chi connectivity index (χ1v) is 7.73. The highest BCUT2D eigenvalue weighted by Crippen LogP contribution is 2.47. The van der Waals surface area contributed by atoms with Gasteiger partial charge in [0, 0.05) is 26.0 Å². The summed E-state index contributed by atoms with van der Waals surface area (Å²) in [5.74, 6) is 0.527. The van der Waals surface area contributed by atoms with Crippen molar-refractivity contribution < 1.29 is 14.3 Å². The number of amides is 2. The summed E-state index contributed by atoms with van der Waals surface area (Å²) in [5, 5.41) is 0. The minimum Gasteiger partial charge on any atom is -0.376 e. The SMILES string of the molecule is CC(C)C1(CCN2C(=O)CCC2=O)CCOC(C)(C)C1. The molecule has 0 aromatic carbocycles. The number of hydrogen-bond donors (Lipinski definition) is 0. The van der Waals surface area contributed by atoms with Gasteiger partial charge in [0.05, 0.1) is 5.60 Å². The van der Waals surface area contributed by atoms with E-state index in [1.165, 1.54) is 4.90 Å². The minimum atomic E-state index is -0.110. The number of nitrogens with zero attached hydrogens (tertiary/aromatic N) is 1. The molecule has 2 aliphatic rings. The third-order valence-electron chi connectivity index (χ3n) is 5.08. The maximum Gasteiger partial charge on any atom is 0.229 e. The van der Waals surface area contributed by atoms with Crippen molar-refractivity contribution in [2.75, 3.05) is 13.2 Å². The molecule has 0 aromatic rings. The van der Waals surface area contributed by atoms with Crippen LogP contribution in [0.4, 0.5) is 0 Å². The van der Waals surface area contributed by atoms with Gasteiger partial charge in [-0.3, -0.25) is 14.5 Å². The fourth-order valence-corrected chi connectivity index (χ4v) is 3.72. The van der Waals surface area contributed by atoms with Crippen molar-refractivity contribution in [3.8, 4) is 0 Å². The highest BCUT2D eigenvalue weighted by Gasteiger charge is 2.43. The van der Waals surface area contributed by atoms with Crippen LogP contribution in [0.5, 0.6) is 0 Å². The molecule has 0 radical (unpaired) electrons. The molecule has 2 fully saturated rings. The fourth-order valence-electron chi connectivity index (χ4n) is 3.72. The maximum absolute atomic E-state index is 11.7. The molecule has 2 saturated heterocycles. The Hall–Kier alpha value is -0.900. The zero-order valence-electron chi connectivity index (χ0n) is 13.2. The van der Waals surface area contributed by atoms with Gasteiger partial charge < -0.3 is 4.74 Å². The Morgan fingerprint density at radius 2 is 1.80 bits per heavy atom. The van der Waals surface area contributed by atoms with Crippen LogP contribution in [-0.2, 0) is 14.3 Å². The Labute approximate surface area is 121 Å². The van der Waals surface area contributed by atoms with E-state index in [2.05, 4.69) is 27.7 Å². The first-order chi connectivity index (χ1) is 9.26. The first-order valence-electron chi connectivity index (χ1n) is 7.73. The predicted molar refractivity (Wildman–Crippen MR) is 77.1 cm³/mol. The van der Waals surface area contributed by atoms with Crippen LogP contribution in [0.15, 0.2) is 0 Å². The van der Waals surface area contributed by atoms with Crippen molar-refractivity contribution in [2.45, 2.75) is 65.4 Å². The quantitative estimate of drug-likeness (QED) is 0.744. The zero-order valence-corrected chi connectivity index (χ0v) is 13.2. The number of ether oxygens (including phenoxy) is 1. The van der Waals surface area contributed by atoms with Crippen LogP contribution in [0.1, 0.15) is 59.8 Å². The molecule has 1 atom stereocenters. The smallest absolute Gasteiger partial charge is 0.229 e. The molecule has 2 aliphatic heterocycles. The van der Waals surface area contributed by atoms with Crippen LogP contribution >= 0.6 is 0 Å². The number of likely N-dealkylation sites (tertiary alicyclic amines) is 1. The molecule has 4 nitrogen and oxygen atoms in total. The van der Waals surface area contributed by atoms with E-state index in [1.54, 1.807) is 0 Å². The van der Waals surface area contributed by atoms with Crippen molar-refractivity contribution in [3.63, 3.8) is 0 Å². The van der Waals surface area contributed by atoms with Gasteiger partial charge >= 0.3 is 0 Å². The Kier molecular flexibility index (Phi) is 4.24. The predicted octanol–water partition coefficient (Wildman–Crippen LogP) is 2.76. The highest BCUT2D eigenvalue weighted by atomic mass is 16.5. The molecular weight excluding hydrogens is 254 g/mol. The van der Waals surface area contributed by atoms with Crippen molar-refractivity contribution in [1.29, 1.82) is 0 Å². The van der Waals surface area contributed by atoms with Gasteiger partial charge in [0.25, 0.3) is 0 Å². The van der Waals surface area contributed by atoms with Gasteiger partial charge in [-0.15, -0.1) is 0 Å². The van der Waals surface area contributed by atoms with E-state index in [0.717, 1.165) is 25.9 Å². The molecule has 2 rings (SSSR count). The summed E-state index contributed by atoms with van der Waals surface area (Å²) < 4.78 is 5.84. The Bertz CT molecular complexity index is 387. The number of rotatable bonds is 4. The summed E-state index contributed by atoms with van der Waals surface area (Å²) in [5.41, 5.74) is 0.0620.